The van der Waals surface area contributed by atoms with Crippen molar-refractivity contribution in [3.8, 4) is 0 Å². The van der Waals surface area contributed by atoms with Gasteiger partial charge in [-0.15, -0.1) is 0 Å². The van der Waals surface area contributed by atoms with Crippen molar-refractivity contribution in [1.29, 1.82) is 0 Å². The molecule has 16 heavy (non-hydrogen) atoms. The molecule has 3 N–H and O–H groups in total. The minimum Gasteiger partial charge on any atom is -1.00 e. The summed E-state index contributed by atoms with van der Waals surface area (Å²) >= 11 is 6.04. The van der Waals surface area contributed by atoms with Gasteiger partial charge in [0.1, 0.15) is 6.04 Å². The molecular formula is C13H15Cl2N. The first kappa shape index (κ1) is 12.0. The molecule has 0 aliphatic heterocycles. The zero-order valence-electron chi connectivity index (χ0n) is 9.00. The standard InChI is InChI=1S/C13H14ClN.ClH/c14-11-2-3-12-8-1-4-13(15)10(5-8)6-9(12)7-11;/h1-4,7-8,10,13H,5-6,15H2;1H/t8-,10+,13+;/m0./s1. The molecule has 0 amide bonds. The summed E-state index contributed by atoms with van der Waals surface area (Å²) in [6.07, 6.45) is 7.00. The number of benzene rings is 1. The van der Waals surface area contributed by atoms with Gasteiger partial charge < -0.3 is 18.1 Å². The van der Waals surface area contributed by atoms with Gasteiger partial charge in [0.25, 0.3) is 0 Å². The number of allylic oxidation sites excluding steroid dienone is 1. The third-order valence-corrected chi connectivity index (χ3v) is 3.97. The summed E-state index contributed by atoms with van der Waals surface area (Å²) in [5.41, 5.74) is 7.10. The van der Waals surface area contributed by atoms with Crippen LogP contribution in [0, 0.1) is 5.92 Å². The highest BCUT2D eigenvalue weighted by Gasteiger charge is 2.33. The van der Waals surface area contributed by atoms with E-state index in [-0.39, 0.29) is 12.4 Å². The monoisotopic (exact) mass is 255 g/mol. The van der Waals surface area contributed by atoms with Crippen molar-refractivity contribution in [2.24, 2.45) is 5.92 Å². The summed E-state index contributed by atoms with van der Waals surface area (Å²) in [6, 6.07) is 6.80. The van der Waals surface area contributed by atoms with Crippen molar-refractivity contribution in [2.75, 3.05) is 0 Å². The molecule has 0 heterocycles. The van der Waals surface area contributed by atoms with Crippen LogP contribution in [0.25, 0.3) is 0 Å². The molecule has 3 rings (SSSR count). The Balaban J connectivity index is 0.000000963. The van der Waals surface area contributed by atoms with Crippen LogP contribution in [0.2, 0.25) is 5.02 Å². The van der Waals surface area contributed by atoms with Crippen LogP contribution >= 0.6 is 11.6 Å². The van der Waals surface area contributed by atoms with Crippen molar-refractivity contribution >= 4 is 11.6 Å². The second kappa shape index (κ2) is 4.40. The summed E-state index contributed by atoms with van der Waals surface area (Å²) in [5, 5.41) is 0.860. The van der Waals surface area contributed by atoms with Gasteiger partial charge >= 0.3 is 0 Å². The summed E-state index contributed by atoms with van der Waals surface area (Å²) in [6.45, 7) is 0. The average Bonchev–Trinajstić information content (AvgIpc) is 2.23. The quantitative estimate of drug-likeness (QED) is 0.587. The van der Waals surface area contributed by atoms with E-state index in [1.165, 1.54) is 17.5 Å². The minimum atomic E-state index is 0. The highest BCUT2D eigenvalue weighted by Crippen LogP contribution is 2.40. The number of quaternary nitrogens is 1. The zero-order chi connectivity index (χ0) is 10.4. The summed E-state index contributed by atoms with van der Waals surface area (Å²) < 4.78 is 0. The maximum absolute atomic E-state index is 6.04. The molecular weight excluding hydrogens is 241 g/mol. The van der Waals surface area contributed by atoms with E-state index in [0.717, 1.165) is 11.4 Å². The van der Waals surface area contributed by atoms with Crippen molar-refractivity contribution < 1.29 is 18.1 Å². The van der Waals surface area contributed by atoms with E-state index in [1.54, 1.807) is 0 Å². The minimum absolute atomic E-state index is 0. The van der Waals surface area contributed by atoms with Crippen LogP contribution in [0.3, 0.4) is 0 Å². The van der Waals surface area contributed by atoms with Gasteiger partial charge in [0.2, 0.25) is 0 Å². The third-order valence-electron chi connectivity index (χ3n) is 3.74. The maximum atomic E-state index is 6.04. The lowest BCUT2D eigenvalue weighted by molar-refractivity contribution is -0.418. The molecule has 0 unspecified atom stereocenters. The van der Waals surface area contributed by atoms with E-state index in [2.05, 4.69) is 30.0 Å². The van der Waals surface area contributed by atoms with Gasteiger partial charge in [-0.2, -0.15) is 0 Å². The highest BCUT2D eigenvalue weighted by molar-refractivity contribution is 6.30. The molecule has 3 heteroatoms. The van der Waals surface area contributed by atoms with Crippen molar-refractivity contribution in [2.45, 2.75) is 24.8 Å². The summed E-state index contributed by atoms with van der Waals surface area (Å²) in [5.74, 6) is 1.32. The van der Waals surface area contributed by atoms with Gasteiger partial charge in [-0.05, 0) is 42.2 Å². The SMILES string of the molecule is [Cl-].[NH3+][C@@H]1C=C[C@H]2C[C@@H]1Cc1cc(Cl)ccc12. The van der Waals surface area contributed by atoms with E-state index in [1.807, 2.05) is 6.07 Å². The lowest BCUT2D eigenvalue weighted by atomic mass is 9.71. The lowest BCUT2D eigenvalue weighted by Crippen LogP contribution is -3.00. The van der Waals surface area contributed by atoms with Gasteiger partial charge in [0.15, 0.2) is 0 Å². The van der Waals surface area contributed by atoms with E-state index < -0.39 is 0 Å². The molecule has 0 radical (unpaired) electrons. The number of fused-ring (bicyclic) bond motifs is 4. The second-order valence-electron chi connectivity index (χ2n) is 4.70. The fraction of sp³-hybridized carbons (Fsp3) is 0.385. The molecule has 86 valence electrons. The molecule has 0 aromatic heterocycles. The summed E-state index contributed by atoms with van der Waals surface area (Å²) in [7, 11) is 0. The number of hydrogen-bond donors (Lipinski definition) is 1. The number of rotatable bonds is 0. The average molecular weight is 256 g/mol. The molecule has 0 saturated carbocycles. The number of halogens is 2. The lowest BCUT2D eigenvalue weighted by Gasteiger charge is -2.34. The van der Waals surface area contributed by atoms with Crippen LogP contribution in [0.1, 0.15) is 23.5 Å². The van der Waals surface area contributed by atoms with Crippen LogP contribution in [0.5, 0.6) is 0 Å². The van der Waals surface area contributed by atoms with Gasteiger partial charge in [-0.25, -0.2) is 0 Å². The first-order chi connectivity index (χ1) is 7.24. The molecule has 1 aromatic carbocycles. The molecule has 2 aliphatic rings. The van der Waals surface area contributed by atoms with Gasteiger partial charge in [-0.3, -0.25) is 0 Å². The Labute approximate surface area is 107 Å². The Bertz CT molecular complexity index is 428. The fourth-order valence-electron chi connectivity index (χ4n) is 2.87. The normalized spacial score (nSPS) is 30.5. The number of hydrogen-bond acceptors (Lipinski definition) is 0. The predicted octanol–water partition coefficient (Wildman–Crippen LogP) is -0.830. The first-order valence-electron chi connectivity index (χ1n) is 5.54. The maximum Gasteiger partial charge on any atom is 0.106 e. The van der Waals surface area contributed by atoms with Crippen LogP contribution in [0.15, 0.2) is 30.4 Å². The van der Waals surface area contributed by atoms with Crippen LogP contribution in [-0.4, -0.2) is 6.04 Å². The molecule has 2 bridgehead atoms. The largest absolute Gasteiger partial charge is 1.00 e. The Morgan fingerprint density at radius 3 is 2.88 bits per heavy atom. The van der Waals surface area contributed by atoms with E-state index in [0.29, 0.717) is 17.9 Å². The fourth-order valence-corrected chi connectivity index (χ4v) is 3.07. The third kappa shape index (κ3) is 1.88. The van der Waals surface area contributed by atoms with E-state index >= 15 is 0 Å². The molecule has 0 saturated heterocycles. The molecule has 1 nitrogen and oxygen atoms in total. The van der Waals surface area contributed by atoms with Crippen molar-refractivity contribution in [1.82, 2.24) is 0 Å². The Morgan fingerprint density at radius 2 is 2.06 bits per heavy atom. The van der Waals surface area contributed by atoms with Crippen LogP contribution < -0.4 is 18.1 Å². The first-order valence-corrected chi connectivity index (χ1v) is 5.91. The summed E-state index contributed by atoms with van der Waals surface area (Å²) in [4.78, 5) is 0. The van der Waals surface area contributed by atoms with Crippen molar-refractivity contribution in [3.05, 3.63) is 46.5 Å². The topological polar surface area (TPSA) is 27.6 Å². The van der Waals surface area contributed by atoms with E-state index in [9.17, 15) is 0 Å². The van der Waals surface area contributed by atoms with Gasteiger partial charge in [0, 0.05) is 16.9 Å². The van der Waals surface area contributed by atoms with Crippen molar-refractivity contribution in [3.63, 3.8) is 0 Å². The Morgan fingerprint density at radius 1 is 1.25 bits per heavy atom. The molecule has 2 aliphatic carbocycles. The smallest absolute Gasteiger partial charge is 0.106 e. The molecule has 3 atom stereocenters. The van der Waals surface area contributed by atoms with E-state index in [4.69, 9.17) is 11.6 Å². The predicted molar refractivity (Wildman–Crippen MR) is 61.8 cm³/mol. The Hall–Kier alpha value is -0.500. The van der Waals surface area contributed by atoms with Gasteiger partial charge in [0.05, 0.1) is 0 Å². The molecule has 1 aromatic rings. The highest BCUT2D eigenvalue weighted by atomic mass is 35.5. The molecule has 0 spiro atoms. The van der Waals surface area contributed by atoms with Gasteiger partial charge in [-0.1, -0.05) is 23.7 Å². The zero-order valence-corrected chi connectivity index (χ0v) is 10.5. The molecule has 0 fully saturated rings. The second-order valence-corrected chi connectivity index (χ2v) is 5.13. The van der Waals surface area contributed by atoms with Crippen LogP contribution in [-0.2, 0) is 6.42 Å². The van der Waals surface area contributed by atoms with Crippen LogP contribution in [0.4, 0.5) is 0 Å². The Kier molecular flexibility index (Phi) is 3.29.